The minimum atomic E-state index is -0.321. The molecule has 0 aliphatic heterocycles. The maximum absolute atomic E-state index is 12.4. The van der Waals surface area contributed by atoms with Crippen LogP contribution in [0, 0.1) is 13.8 Å². The van der Waals surface area contributed by atoms with E-state index in [2.05, 4.69) is 25.4 Å². The van der Waals surface area contributed by atoms with E-state index in [1.54, 1.807) is 38.2 Å². The second-order valence-corrected chi connectivity index (χ2v) is 5.59. The van der Waals surface area contributed by atoms with Crippen molar-refractivity contribution >= 4 is 11.7 Å². The molecular formula is C17H18N6O2. The number of H-pyrrole nitrogens is 1. The average Bonchev–Trinajstić information content (AvgIpc) is 2.95. The molecule has 8 heteroatoms. The lowest BCUT2D eigenvalue weighted by molar-refractivity contribution is 0.102. The van der Waals surface area contributed by atoms with Gasteiger partial charge in [-0.25, -0.2) is 4.98 Å². The zero-order chi connectivity index (χ0) is 18.0. The van der Waals surface area contributed by atoms with Gasteiger partial charge < -0.3 is 5.32 Å². The summed E-state index contributed by atoms with van der Waals surface area (Å²) in [5, 5.41) is 7.09. The van der Waals surface area contributed by atoms with E-state index in [1.165, 1.54) is 10.9 Å². The van der Waals surface area contributed by atoms with Gasteiger partial charge in [0.2, 0.25) is 5.95 Å². The van der Waals surface area contributed by atoms with Crippen molar-refractivity contribution < 1.29 is 4.79 Å². The number of aryl methyl sites for hydroxylation is 2. The summed E-state index contributed by atoms with van der Waals surface area (Å²) in [4.78, 5) is 35.6. The minimum Gasteiger partial charge on any atom is -0.306 e. The molecule has 0 atom stereocenters. The van der Waals surface area contributed by atoms with Gasteiger partial charge in [-0.1, -0.05) is 6.92 Å². The zero-order valence-corrected chi connectivity index (χ0v) is 14.2. The molecule has 0 unspecified atom stereocenters. The third-order valence-corrected chi connectivity index (χ3v) is 3.76. The van der Waals surface area contributed by atoms with Gasteiger partial charge in [0.1, 0.15) is 5.82 Å². The number of amides is 1. The molecule has 0 aromatic carbocycles. The number of aromatic nitrogens is 5. The van der Waals surface area contributed by atoms with Crippen molar-refractivity contribution in [2.75, 3.05) is 5.32 Å². The Morgan fingerprint density at radius 2 is 2.16 bits per heavy atom. The summed E-state index contributed by atoms with van der Waals surface area (Å²) in [5.41, 5.74) is 2.17. The van der Waals surface area contributed by atoms with Crippen molar-refractivity contribution in [1.82, 2.24) is 24.7 Å². The largest absolute Gasteiger partial charge is 0.306 e. The molecule has 3 aromatic rings. The van der Waals surface area contributed by atoms with Gasteiger partial charge in [-0.2, -0.15) is 9.78 Å². The monoisotopic (exact) mass is 338 g/mol. The highest BCUT2D eigenvalue weighted by Crippen LogP contribution is 2.15. The summed E-state index contributed by atoms with van der Waals surface area (Å²) in [6, 6.07) is 5.05. The Balaban J connectivity index is 2.00. The molecule has 3 rings (SSSR count). The molecule has 0 bridgehead atoms. The second-order valence-electron chi connectivity index (χ2n) is 5.59. The summed E-state index contributed by atoms with van der Waals surface area (Å²) >= 11 is 0. The first kappa shape index (κ1) is 16.6. The van der Waals surface area contributed by atoms with Gasteiger partial charge in [0.25, 0.3) is 11.5 Å². The first-order valence-corrected chi connectivity index (χ1v) is 7.87. The third kappa shape index (κ3) is 3.32. The molecule has 25 heavy (non-hydrogen) atoms. The maximum atomic E-state index is 12.4. The van der Waals surface area contributed by atoms with Crippen molar-refractivity contribution in [2.24, 2.45) is 0 Å². The van der Waals surface area contributed by atoms with Crippen molar-refractivity contribution in [3.05, 3.63) is 63.5 Å². The lowest BCUT2D eigenvalue weighted by atomic mass is 10.2. The fourth-order valence-electron chi connectivity index (χ4n) is 2.55. The molecule has 0 fully saturated rings. The summed E-state index contributed by atoms with van der Waals surface area (Å²) in [6.45, 7) is 5.47. The summed E-state index contributed by atoms with van der Waals surface area (Å²) in [6.07, 6.45) is 3.66. The second kappa shape index (κ2) is 6.68. The lowest BCUT2D eigenvalue weighted by Gasteiger charge is -2.09. The predicted molar refractivity (Wildman–Crippen MR) is 93.0 cm³/mol. The molecule has 8 nitrogen and oxygen atoms in total. The van der Waals surface area contributed by atoms with Crippen LogP contribution in [0.15, 0.2) is 35.4 Å². The number of anilines is 1. The van der Waals surface area contributed by atoms with Gasteiger partial charge in [-0.05, 0) is 32.4 Å². The lowest BCUT2D eigenvalue weighted by Crippen LogP contribution is -2.22. The Hall–Kier alpha value is -3.29. The molecule has 0 spiro atoms. The van der Waals surface area contributed by atoms with Gasteiger partial charge in [-0.15, -0.1) is 0 Å². The van der Waals surface area contributed by atoms with Crippen LogP contribution in [0.3, 0.4) is 0 Å². The molecular weight excluding hydrogens is 320 g/mol. The Bertz CT molecular complexity index is 975. The molecule has 0 aliphatic carbocycles. The zero-order valence-electron chi connectivity index (χ0n) is 14.2. The number of aromatic amines is 1. The Morgan fingerprint density at radius 1 is 1.36 bits per heavy atom. The van der Waals surface area contributed by atoms with Gasteiger partial charge in [0.15, 0.2) is 0 Å². The summed E-state index contributed by atoms with van der Waals surface area (Å²) in [5.74, 6) is 0.353. The van der Waals surface area contributed by atoms with Crippen molar-refractivity contribution in [2.45, 2.75) is 27.2 Å². The predicted octanol–water partition coefficient (Wildman–Crippen LogP) is 1.78. The fourth-order valence-corrected chi connectivity index (χ4v) is 2.55. The Morgan fingerprint density at radius 3 is 2.80 bits per heavy atom. The normalized spacial score (nSPS) is 10.7. The van der Waals surface area contributed by atoms with Crippen LogP contribution in [0.5, 0.6) is 0 Å². The summed E-state index contributed by atoms with van der Waals surface area (Å²) < 4.78 is 1.41. The van der Waals surface area contributed by atoms with Crippen molar-refractivity contribution in [1.29, 1.82) is 0 Å². The van der Waals surface area contributed by atoms with Crippen molar-refractivity contribution in [3.63, 3.8) is 0 Å². The fraction of sp³-hybridized carbons (Fsp3) is 0.235. The van der Waals surface area contributed by atoms with E-state index in [-0.39, 0.29) is 17.4 Å². The van der Waals surface area contributed by atoms with Crippen LogP contribution < -0.4 is 10.9 Å². The summed E-state index contributed by atoms with van der Waals surface area (Å²) in [7, 11) is 0. The van der Waals surface area contributed by atoms with E-state index >= 15 is 0 Å². The van der Waals surface area contributed by atoms with Crippen LogP contribution in [0.1, 0.15) is 34.2 Å². The number of hydrogen-bond donors (Lipinski definition) is 2. The topological polar surface area (TPSA) is 106 Å². The van der Waals surface area contributed by atoms with E-state index in [1.807, 2.05) is 6.92 Å². The molecule has 3 aromatic heterocycles. The van der Waals surface area contributed by atoms with E-state index in [0.29, 0.717) is 34.8 Å². The number of hydrogen-bond acceptors (Lipinski definition) is 5. The van der Waals surface area contributed by atoms with Crippen LogP contribution in [0.2, 0.25) is 0 Å². The number of carbonyl (C=O) groups excluding carboxylic acids is 1. The number of rotatable bonds is 4. The van der Waals surface area contributed by atoms with Crippen LogP contribution in [-0.4, -0.2) is 30.6 Å². The van der Waals surface area contributed by atoms with Crippen LogP contribution >= 0.6 is 0 Å². The molecule has 128 valence electrons. The van der Waals surface area contributed by atoms with Gasteiger partial charge in [-0.3, -0.25) is 19.6 Å². The van der Waals surface area contributed by atoms with Gasteiger partial charge in [0.05, 0.1) is 11.3 Å². The first-order chi connectivity index (χ1) is 12.0. The number of nitrogens with zero attached hydrogens (tertiary/aromatic N) is 4. The van der Waals surface area contributed by atoms with Crippen LogP contribution in [0.25, 0.3) is 5.95 Å². The highest BCUT2D eigenvalue weighted by atomic mass is 16.2. The van der Waals surface area contributed by atoms with Crippen molar-refractivity contribution in [3.8, 4) is 5.95 Å². The minimum absolute atomic E-state index is 0.206. The van der Waals surface area contributed by atoms with E-state index in [0.717, 1.165) is 0 Å². The highest BCUT2D eigenvalue weighted by Gasteiger charge is 2.15. The molecule has 2 N–H and O–H groups in total. The molecule has 3 heterocycles. The SMILES string of the molecule is CCc1c(C)nc(-n2nc(C)cc2NC(=O)c2cccnc2)[nH]c1=O. The Labute approximate surface area is 144 Å². The standard InChI is InChI=1S/C17H18N6O2/c1-4-13-11(3)19-17(21-16(13)25)23-14(8-10(2)22-23)20-15(24)12-6-5-7-18-9-12/h5-9H,4H2,1-3H3,(H,20,24)(H,19,21,25). The van der Waals surface area contributed by atoms with E-state index in [9.17, 15) is 9.59 Å². The molecule has 0 saturated heterocycles. The van der Waals surface area contributed by atoms with E-state index < -0.39 is 0 Å². The van der Waals surface area contributed by atoms with Gasteiger partial charge in [0, 0.05) is 29.7 Å². The first-order valence-electron chi connectivity index (χ1n) is 7.87. The van der Waals surface area contributed by atoms with Gasteiger partial charge >= 0.3 is 0 Å². The quantitative estimate of drug-likeness (QED) is 0.754. The highest BCUT2D eigenvalue weighted by molar-refractivity contribution is 6.03. The molecule has 0 radical (unpaired) electrons. The van der Waals surface area contributed by atoms with Crippen LogP contribution in [0.4, 0.5) is 5.82 Å². The number of nitrogens with one attached hydrogen (secondary N) is 2. The average molecular weight is 338 g/mol. The maximum Gasteiger partial charge on any atom is 0.258 e. The number of carbonyl (C=O) groups is 1. The van der Waals surface area contributed by atoms with Crippen LogP contribution in [-0.2, 0) is 6.42 Å². The molecule has 1 amide bonds. The van der Waals surface area contributed by atoms with E-state index in [4.69, 9.17) is 0 Å². The Kier molecular flexibility index (Phi) is 4.42. The smallest absolute Gasteiger partial charge is 0.258 e. The third-order valence-electron chi connectivity index (χ3n) is 3.76. The number of pyridine rings is 1. The molecule has 0 saturated carbocycles. The molecule has 0 aliphatic rings.